The van der Waals surface area contributed by atoms with E-state index in [-0.39, 0.29) is 0 Å². The Kier molecular flexibility index (Phi) is 3.77. The Balaban J connectivity index is 1.62. The summed E-state index contributed by atoms with van der Waals surface area (Å²) in [5.41, 5.74) is 2.13. The van der Waals surface area contributed by atoms with Gasteiger partial charge >= 0.3 is 0 Å². The minimum Gasteiger partial charge on any atom is -0.383 e. The van der Waals surface area contributed by atoms with Crippen LogP contribution in [0.3, 0.4) is 0 Å². The molecule has 0 radical (unpaired) electrons. The number of hydrogen-bond acceptors (Lipinski definition) is 3. The summed E-state index contributed by atoms with van der Waals surface area (Å²) in [5, 5.41) is 11.2. The van der Waals surface area contributed by atoms with E-state index in [2.05, 4.69) is 49.7 Å². The molecule has 0 aliphatic heterocycles. The third-order valence-corrected chi connectivity index (χ3v) is 3.50. The molecule has 2 N–H and O–H groups in total. The van der Waals surface area contributed by atoms with Gasteiger partial charge in [0.1, 0.15) is 18.1 Å². The molecular formula is C15H21N6+. The van der Waals surface area contributed by atoms with Crippen LogP contribution in [0.5, 0.6) is 0 Å². The number of imidazole rings is 1. The number of nitrogens with one attached hydrogen (secondary N) is 2. The number of fused-ring (bicyclic) bond motifs is 1. The number of aryl methyl sites for hydroxylation is 2. The second kappa shape index (κ2) is 5.87. The third kappa shape index (κ3) is 2.84. The van der Waals surface area contributed by atoms with Gasteiger partial charge in [0.25, 0.3) is 0 Å². The summed E-state index contributed by atoms with van der Waals surface area (Å²) in [4.78, 5) is 0. The molecule has 0 bridgehead atoms. The van der Waals surface area contributed by atoms with Crippen molar-refractivity contribution in [2.45, 2.75) is 13.0 Å². The van der Waals surface area contributed by atoms with Crippen molar-refractivity contribution in [3.63, 3.8) is 0 Å². The highest BCUT2D eigenvalue weighted by Crippen LogP contribution is 2.25. The van der Waals surface area contributed by atoms with E-state index in [0.717, 1.165) is 36.5 Å². The minimum atomic E-state index is 0.889. The molecule has 3 aromatic rings. The van der Waals surface area contributed by atoms with Gasteiger partial charge in [-0.05, 0) is 12.1 Å². The van der Waals surface area contributed by atoms with Gasteiger partial charge in [0.15, 0.2) is 5.82 Å². The number of aromatic nitrogens is 4. The quantitative estimate of drug-likeness (QED) is 0.533. The van der Waals surface area contributed by atoms with Crippen LogP contribution in [0.1, 0.15) is 6.42 Å². The van der Waals surface area contributed by atoms with Crippen molar-refractivity contribution >= 4 is 17.0 Å². The van der Waals surface area contributed by atoms with Gasteiger partial charge in [-0.2, -0.15) is 0 Å². The molecule has 0 saturated carbocycles. The van der Waals surface area contributed by atoms with Gasteiger partial charge < -0.3 is 10.6 Å². The normalized spacial score (nSPS) is 11.0. The molecule has 0 saturated heterocycles. The molecule has 110 valence electrons. The predicted octanol–water partition coefficient (Wildman–Crippen LogP) is 1.50. The van der Waals surface area contributed by atoms with Crippen molar-refractivity contribution in [3.8, 4) is 0 Å². The summed E-state index contributed by atoms with van der Waals surface area (Å²) in [7, 11) is 3.96. The highest BCUT2D eigenvalue weighted by Gasteiger charge is 2.10. The molecule has 0 fully saturated rings. The lowest BCUT2D eigenvalue weighted by molar-refractivity contribution is -0.671. The van der Waals surface area contributed by atoms with E-state index in [0.29, 0.717) is 0 Å². The molecule has 0 spiro atoms. The van der Waals surface area contributed by atoms with Crippen LogP contribution in [0, 0.1) is 0 Å². The number of rotatable bonds is 6. The summed E-state index contributed by atoms with van der Waals surface area (Å²) in [6, 6.07) is 6.06. The number of anilines is 2. The third-order valence-electron chi connectivity index (χ3n) is 3.50. The van der Waals surface area contributed by atoms with E-state index in [1.54, 1.807) is 0 Å². The number of pyridine rings is 1. The first-order valence-corrected chi connectivity index (χ1v) is 7.18. The smallest absolute Gasteiger partial charge is 0.243 e. The SMILES string of the molecule is CNc1c(NCCCn2cc[n+](C)c2)nn2ccccc12. The maximum atomic E-state index is 4.56. The van der Waals surface area contributed by atoms with E-state index >= 15 is 0 Å². The van der Waals surface area contributed by atoms with Crippen LogP contribution in [0.4, 0.5) is 11.5 Å². The monoisotopic (exact) mass is 285 g/mol. The largest absolute Gasteiger partial charge is 0.383 e. The Bertz CT molecular complexity index is 727. The predicted molar refractivity (Wildman–Crippen MR) is 83.5 cm³/mol. The summed E-state index contributed by atoms with van der Waals surface area (Å²) < 4.78 is 6.12. The Labute approximate surface area is 124 Å². The Morgan fingerprint density at radius 3 is 2.95 bits per heavy atom. The summed E-state index contributed by atoms with van der Waals surface area (Å²) in [6.07, 6.45) is 9.23. The van der Waals surface area contributed by atoms with E-state index < -0.39 is 0 Å². The van der Waals surface area contributed by atoms with Gasteiger partial charge in [-0.1, -0.05) is 6.07 Å². The zero-order valence-corrected chi connectivity index (χ0v) is 12.5. The van der Waals surface area contributed by atoms with Crippen molar-refractivity contribution < 1.29 is 4.57 Å². The molecule has 0 atom stereocenters. The second-order valence-electron chi connectivity index (χ2n) is 5.10. The fourth-order valence-electron chi connectivity index (χ4n) is 2.47. The highest BCUT2D eigenvalue weighted by atomic mass is 15.3. The molecule has 0 aliphatic rings. The Morgan fingerprint density at radius 2 is 2.19 bits per heavy atom. The van der Waals surface area contributed by atoms with Crippen molar-refractivity contribution in [1.82, 2.24) is 14.2 Å². The van der Waals surface area contributed by atoms with Gasteiger partial charge in [-0.25, -0.2) is 13.6 Å². The first kappa shape index (κ1) is 13.5. The van der Waals surface area contributed by atoms with Crippen molar-refractivity contribution in [1.29, 1.82) is 0 Å². The van der Waals surface area contributed by atoms with Crippen LogP contribution in [0.25, 0.3) is 5.52 Å². The first-order chi connectivity index (χ1) is 10.3. The van der Waals surface area contributed by atoms with E-state index in [9.17, 15) is 0 Å². The molecule has 21 heavy (non-hydrogen) atoms. The van der Waals surface area contributed by atoms with Gasteiger partial charge in [-0.15, -0.1) is 5.10 Å². The molecule has 0 amide bonds. The molecule has 0 unspecified atom stereocenters. The van der Waals surface area contributed by atoms with Gasteiger partial charge in [-0.3, -0.25) is 0 Å². The maximum absolute atomic E-state index is 4.56. The van der Waals surface area contributed by atoms with E-state index in [4.69, 9.17) is 0 Å². The summed E-state index contributed by atoms with van der Waals surface area (Å²) in [6.45, 7) is 1.89. The van der Waals surface area contributed by atoms with Crippen LogP contribution in [0.15, 0.2) is 43.1 Å². The molecular weight excluding hydrogens is 264 g/mol. The zero-order valence-electron chi connectivity index (χ0n) is 12.5. The topological polar surface area (TPSA) is 50.2 Å². The zero-order chi connectivity index (χ0) is 14.7. The molecule has 3 heterocycles. The van der Waals surface area contributed by atoms with Crippen LogP contribution >= 0.6 is 0 Å². The van der Waals surface area contributed by atoms with Gasteiger partial charge in [0.05, 0.1) is 19.1 Å². The minimum absolute atomic E-state index is 0.889. The van der Waals surface area contributed by atoms with Crippen LogP contribution in [0.2, 0.25) is 0 Å². The van der Waals surface area contributed by atoms with Crippen molar-refractivity contribution in [2.24, 2.45) is 7.05 Å². The van der Waals surface area contributed by atoms with Crippen LogP contribution in [-0.2, 0) is 13.6 Å². The molecule has 6 nitrogen and oxygen atoms in total. The fraction of sp³-hybridized carbons (Fsp3) is 0.333. The first-order valence-electron chi connectivity index (χ1n) is 7.18. The van der Waals surface area contributed by atoms with Gasteiger partial charge in [0.2, 0.25) is 6.33 Å². The van der Waals surface area contributed by atoms with Crippen molar-refractivity contribution in [2.75, 3.05) is 24.2 Å². The van der Waals surface area contributed by atoms with Crippen LogP contribution in [-0.4, -0.2) is 27.8 Å². The lowest BCUT2D eigenvalue weighted by Crippen LogP contribution is -2.23. The number of nitrogens with zero attached hydrogens (tertiary/aromatic N) is 4. The standard InChI is InChI=1S/C15H21N6/c1-16-14-13-6-3-4-9-21(13)18-15(14)17-7-5-8-20-11-10-19(2)12-20/h3-4,6,9-12,16H,5,7-8H2,1-2H3,(H,17,18)/q+1. The molecule has 3 rings (SSSR count). The Hall–Kier alpha value is -2.50. The Morgan fingerprint density at radius 1 is 1.29 bits per heavy atom. The number of hydrogen-bond donors (Lipinski definition) is 2. The summed E-state index contributed by atoms with van der Waals surface area (Å²) in [5.74, 6) is 0.904. The van der Waals surface area contributed by atoms with E-state index in [1.165, 1.54) is 0 Å². The molecule has 0 aromatic carbocycles. The maximum Gasteiger partial charge on any atom is 0.243 e. The summed E-state index contributed by atoms with van der Waals surface area (Å²) >= 11 is 0. The second-order valence-corrected chi connectivity index (χ2v) is 5.10. The molecule has 3 aromatic heterocycles. The fourth-order valence-corrected chi connectivity index (χ4v) is 2.47. The highest BCUT2D eigenvalue weighted by molar-refractivity contribution is 5.82. The lowest BCUT2D eigenvalue weighted by atomic mass is 10.3. The van der Waals surface area contributed by atoms with E-state index in [1.807, 2.05) is 36.9 Å². The lowest BCUT2D eigenvalue weighted by Gasteiger charge is -2.04. The molecule has 0 aliphatic carbocycles. The van der Waals surface area contributed by atoms with Crippen molar-refractivity contribution in [3.05, 3.63) is 43.1 Å². The van der Waals surface area contributed by atoms with Crippen LogP contribution < -0.4 is 15.2 Å². The molecule has 6 heteroatoms. The average Bonchev–Trinajstić information content (AvgIpc) is 3.06. The van der Waals surface area contributed by atoms with Gasteiger partial charge in [0, 0.05) is 26.2 Å². The average molecular weight is 285 g/mol.